The number of rotatable bonds is 3. The van der Waals surface area contributed by atoms with E-state index in [0.717, 1.165) is 15.6 Å². The van der Waals surface area contributed by atoms with Crippen molar-refractivity contribution in [1.29, 1.82) is 0 Å². The molecule has 0 saturated carbocycles. The lowest BCUT2D eigenvalue weighted by Crippen LogP contribution is -2.44. The van der Waals surface area contributed by atoms with Gasteiger partial charge in [0.1, 0.15) is 5.92 Å². The first-order chi connectivity index (χ1) is 9.88. The highest BCUT2D eigenvalue weighted by Crippen LogP contribution is 2.25. The van der Waals surface area contributed by atoms with E-state index in [1.807, 2.05) is 26.0 Å². The van der Waals surface area contributed by atoms with Gasteiger partial charge in [-0.25, -0.2) is 4.79 Å². The van der Waals surface area contributed by atoms with Crippen molar-refractivity contribution in [3.8, 4) is 0 Å². The summed E-state index contributed by atoms with van der Waals surface area (Å²) in [6, 6.07) is 2.74. The van der Waals surface area contributed by atoms with Gasteiger partial charge in [0.25, 0.3) is 0 Å². The highest BCUT2D eigenvalue weighted by molar-refractivity contribution is 9.10. The van der Waals surface area contributed by atoms with Crippen LogP contribution < -0.4 is 10.6 Å². The number of carbonyl (C=O) groups is 2. The molecule has 2 amide bonds. The van der Waals surface area contributed by atoms with Crippen LogP contribution in [0, 0.1) is 19.8 Å². The summed E-state index contributed by atoms with van der Waals surface area (Å²) in [6.07, 6.45) is 0. The van der Waals surface area contributed by atoms with E-state index in [1.54, 1.807) is 0 Å². The first-order valence-electron chi connectivity index (χ1n) is 6.53. The van der Waals surface area contributed by atoms with Crippen LogP contribution in [0.2, 0.25) is 0 Å². The Labute approximate surface area is 131 Å². The molecule has 0 aromatic heterocycles. The number of aryl methyl sites for hydroxylation is 2. The van der Waals surface area contributed by atoms with Gasteiger partial charge >= 0.3 is 12.0 Å². The number of carboxylic acids is 1. The normalized spacial score (nSPS) is 21.1. The van der Waals surface area contributed by atoms with Crippen molar-refractivity contribution in [3.63, 3.8) is 0 Å². The van der Waals surface area contributed by atoms with Gasteiger partial charge in [0.05, 0.1) is 19.3 Å². The van der Waals surface area contributed by atoms with Crippen molar-refractivity contribution in [2.75, 3.05) is 18.5 Å². The molecular weight excluding hydrogens is 340 g/mol. The molecule has 0 aliphatic carbocycles. The molecule has 1 saturated heterocycles. The second-order valence-corrected chi connectivity index (χ2v) is 5.90. The molecule has 2 unspecified atom stereocenters. The predicted molar refractivity (Wildman–Crippen MR) is 81.5 cm³/mol. The summed E-state index contributed by atoms with van der Waals surface area (Å²) in [4.78, 5) is 23.0. The lowest BCUT2D eigenvalue weighted by molar-refractivity contribution is -0.142. The molecule has 1 aliphatic rings. The van der Waals surface area contributed by atoms with E-state index >= 15 is 0 Å². The third-order valence-corrected chi connectivity index (χ3v) is 4.66. The van der Waals surface area contributed by atoms with Crippen LogP contribution in [0.4, 0.5) is 10.5 Å². The molecule has 2 atom stereocenters. The fourth-order valence-corrected chi connectivity index (χ4v) is 2.52. The Morgan fingerprint density at radius 3 is 2.48 bits per heavy atom. The lowest BCUT2D eigenvalue weighted by atomic mass is 10.0. The number of anilines is 1. The lowest BCUT2D eigenvalue weighted by Gasteiger charge is -2.17. The highest BCUT2D eigenvalue weighted by Gasteiger charge is 2.35. The Kier molecular flexibility index (Phi) is 4.84. The molecule has 1 aliphatic heterocycles. The van der Waals surface area contributed by atoms with E-state index in [-0.39, 0.29) is 13.2 Å². The van der Waals surface area contributed by atoms with Crippen molar-refractivity contribution >= 4 is 33.6 Å². The number of carboxylic acid groups (broad SMARTS) is 1. The zero-order valence-electron chi connectivity index (χ0n) is 11.8. The minimum Gasteiger partial charge on any atom is -0.481 e. The van der Waals surface area contributed by atoms with E-state index in [4.69, 9.17) is 9.84 Å². The number of ether oxygens (including phenoxy) is 1. The number of halogens is 1. The Balaban J connectivity index is 2.00. The number of nitrogens with one attached hydrogen (secondary N) is 2. The zero-order valence-corrected chi connectivity index (χ0v) is 13.4. The minimum atomic E-state index is -0.965. The van der Waals surface area contributed by atoms with Gasteiger partial charge in [-0.05, 0) is 37.1 Å². The van der Waals surface area contributed by atoms with Gasteiger partial charge in [-0.2, -0.15) is 0 Å². The molecule has 21 heavy (non-hydrogen) atoms. The maximum absolute atomic E-state index is 12.0. The van der Waals surface area contributed by atoms with Crippen molar-refractivity contribution in [2.45, 2.75) is 19.9 Å². The number of aliphatic carboxylic acids is 1. The van der Waals surface area contributed by atoms with Crippen LogP contribution in [0.1, 0.15) is 11.1 Å². The molecule has 1 heterocycles. The Bertz CT molecular complexity index is 553. The fourth-order valence-electron chi connectivity index (χ4n) is 2.29. The van der Waals surface area contributed by atoms with Gasteiger partial charge in [0.2, 0.25) is 0 Å². The molecule has 1 aromatic carbocycles. The summed E-state index contributed by atoms with van der Waals surface area (Å²) in [6.45, 7) is 4.20. The summed E-state index contributed by atoms with van der Waals surface area (Å²) in [5.74, 6) is -1.67. The van der Waals surface area contributed by atoms with Crippen molar-refractivity contribution in [2.24, 2.45) is 5.92 Å². The molecule has 6 nitrogen and oxygen atoms in total. The monoisotopic (exact) mass is 356 g/mol. The maximum Gasteiger partial charge on any atom is 0.319 e. The van der Waals surface area contributed by atoms with Gasteiger partial charge in [0, 0.05) is 10.2 Å². The van der Waals surface area contributed by atoms with Crippen LogP contribution >= 0.6 is 15.9 Å². The van der Waals surface area contributed by atoms with Gasteiger partial charge in [-0.15, -0.1) is 0 Å². The molecule has 1 fully saturated rings. The summed E-state index contributed by atoms with van der Waals surface area (Å²) in [7, 11) is 0. The zero-order chi connectivity index (χ0) is 15.6. The standard InChI is InChI=1S/C14H17BrN2O4/c1-7-3-9(4-8(2)12(7)15)16-14(20)17-11-6-21-5-10(11)13(18)19/h3-4,10-11H,5-6H2,1-2H3,(H,18,19)(H2,16,17,20). The number of urea groups is 1. The number of hydrogen-bond acceptors (Lipinski definition) is 3. The topological polar surface area (TPSA) is 87.7 Å². The van der Waals surface area contributed by atoms with Crippen molar-refractivity contribution < 1.29 is 19.4 Å². The Hall–Kier alpha value is -1.60. The SMILES string of the molecule is Cc1cc(NC(=O)NC2COCC2C(=O)O)cc(C)c1Br. The molecule has 0 bridgehead atoms. The summed E-state index contributed by atoms with van der Waals surface area (Å²) >= 11 is 3.46. The van der Waals surface area contributed by atoms with Crippen LogP contribution in [0.25, 0.3) is 0 Å². The molecule has 3 N–H and O–H groups in total. The molecule has 0 radical (unpaired) electrons. The minimum absolute atomic E-state index is 0.122. The molecule has 1 aromatic rings. The average molecular weight is 357 g/mol. The van der Waals surface area contributed by atoms with Crippen LogP contribution in [0.3, 0.4) is 0 Å². The predicted octanol–water partition coefficient (Wildman–Crippen LogP) is 2.29. The second kappa shape index (κ2) is 6.44. The molecular formula is C14H17BrN2O4. The number of benzene rings is 1. The van der Waals surface area contributed by atoms with Crippen molar-refractivity contribution in [1.82, 2.24) is 5.32 Å². The van der Waals surface area contributed by atoms with Gasteiger partial charge < -0.3 is 20.5 Å². The van der Waals surface area contributed by atoms with Gasteiger partial charge in [-0.3, -0.25) is 4.79 Å². The first kappa shape index (κ1) is 15.8. The number of hydrogen-bond donors (Lipinski definition) is 3. The molecule has 2 rings (SSSR count). The maximum atomic E-state index is 12.0. The van der Waals surface area contributed by atoms with Crippen LogP contribution in [0.5, 0.6) is 0 Å². The smallest absolute Gasteiger partial charge is 0.319 e. The Morgan fingerprint density at radius 2 is 1.90 bits per heavy atom. The van der Waals surface area contributed by atoms with E-state index < -0.39 is 24.0 Å². The third-order valence-electron chi connectivity index (χ3n) is 3.41. The second-order valence-electron chi connectivity index (χ2n) is 5.11. The third kappa shape index (κ3) is 3.74. The van der Waals surface area contributed by atoms with E-state index in [1.165, 1.54) is 0 Å². The number of carbonyl (C=O) groups excluding carboxylic acids is 1. The average Bonchev–Trinajstić information content (AvgIpc) is 2.83. The summed E-state index contributed by atoms with van der Waals surface area (Å²) in [5.41, 5.74) is 2.69. The first-order valence-corrected chi connectivity index (χ1v) is 7.32. The van der Waals surface area contributed by atoms with E-state index in [2.05, 4.69) is 26.6 Å². The van der Waals surface area contributed by atoms with Gasteiger partial charge in [0.15, 0.2) is 0 Å². The molecule has 0 spiro atoms. The van der Waals surface area contributed by atoms with Crippen LogP contribution in [-0.4, -0.2) is 36.4 Å². The Morgan fingerprint density at radius 1 is 1.29 bits per heavy atom. The molecule has 114 valence electrons. The summed E-state index contributed by atoms with van der Waals surface area (Å²) < 4.78 is 6.11. The fraction of sp³-hybridized carbons (Fsp3) is 0.429. The van der Waals surface area contributed by atoms with Crippen LogP contribution in [0.15, 0.2) is 16.6 Å². The van der Waals surface area contributed by atoms with Gasteiger partial charge in [-0.1, -0.05) is 15.9 Å². The molecule has 7 heteroatoms. The van der Waals surface area contributed by atoms with E-state index in [9.17, 15) is 9.59 Å². The largest absolute Gasteiger partial charge is 0.481 e. The van der Waals surface area contributed by atoms with Crippen LogP contribution in [-0.2, 0) is 9.53 Å². The number of amides is 2. The quantitative estimate of drug-likeness (QED) is 0.775. The summed E-state index contributed by atoms with van der Waals surface area (Å²) in [5, 5.41) is 14.4. The van der Waals surface area contributed by atoms with E-state index in [0.29, 0.717) is 5.69 Å². The van der Waals surface area contributed by atoms with Crippen molar-refractivity contribution in [3.05, 3.63) is 27.7 Å². The highest BCUT2D eigenvalue weighted by atomic mass is 79.9.